The molecule has 1 amide bonds. The quantitative estimate of drug-likeness (QED) is 0.290. The van der Waals surface area contributed by atoms with E-state index in [0.717, 1.165) is 75.8 Å². The second-order valence-electron chi connectivity index (χ2n) is 11.3. The molecule has 1 atom stereocenters. The largest absolute Gasteiger partial charge is 0.330 e. The number of carbonyl (C=O) groups is 2. The standard InChI is InChI=1S/C34H38N2O2/c1-2-3-18-32(37)34(30-16-8-6-14-28(30)29-15-7-9-17-31(29)34)20-10-11-21-35-22-19-26(24-35)36-23-25-12-4-5-13-27(25)33(36)38/h4-9,12-17,26H,2-3,10-11,18-24H2,1H3. The van der Waals surface area contributed by atoms with Gasteiger partial charge in [0.2, 0.25) is 0 Å². The molecule has 1 aliphatic carbocycles. The summed E-state index contributed by atoms with van der Waals surface area (Å²) in [6, 6.07) is 25.4. The van der Waals surface area contributed by atoms with E-state index in [4.69, 9.17) is 0 Å². The number of likely N-dealkylation sites (tertiary alicyclic amines) is 1. The number of fused-ring (bicyclic) bond motifs is 4. The summed E-state index contributed by atoms with van der Waals surface area (Å²) < 4.78 is 0. The van der Waals surface area contributed by atoms with Gasteiger partial charge in [-0.3, -0.25) is 9.59 Å². The Kier molecular flexibility index (Phi) is 6.92. The molecule has 0 radical (unpaired) electrons. The minimum Gasteiger partial charge on any atom is -0.330 e. The zero-order valence-electron chi connectivity index (χ0n) is 22.5. The molecule has 0 bridgehead atoms. The lowest BCUT2D eigenvalue weighted by molar-refractivity contribution is -0.123. The summed E-state index contributed by atoms with van der Waals surface area (Å²) in [7, 11) is 0. The van der Waals surface area contributed by atoms with Crippen molar-refractivity contribution in [2.75, 3.05) is 19.6 Å². The first-order chi connectivity index (χ1) is 18.6. The van der Waals surface area contributed by atoms with Gasteiger partial charge in [0, 0.05) is 37.7 Å². The van der Waals surface area contributed by atoms with Gasteiger partial charge in [-0.25, -0.2) is 0 Å². The number of nitrogens with zero attached hydrogens (tertiary/aromatic N) is 2. The number of carbonyl (C=O) groups excluding carboxylic acids is 2. The number of benzene rings is 3. The molecule has 3 aromatic carbocycles. The fraction of sp³-hybridized carbons (Fsp3) is 0.412. The Labute approximate surface area is 226 Å². The maximum Gasteiger partial charge on any atom is 0.254 e. The summed E-state index contributed by atoms with van der Waals surface area (Å²) >= 11 is 0. The van der Waals surface area contributed by atoms with Crippen molar-refractivity contribution in [2.45, 2.75) is 69.9 Å². The molecule has 3 aliphatic rings. The van der Waals surface area contributed by atoms with Crippen molar-refractivity contribution in [1.82, 2.24) is 9.80 Å². The zero-order chi connectivity index (χ0) is 26.1. The molecule has 2 aliphatic heterocycles. The molecular formula is C34H38N2O2. The van der Waals surface area contributed by atoms with Gasteiger partial charge in [0.05, 0.1) is 5.41 Å². The van der Waals surface area contributed by atoms with E-state index in [1.807, 2.05) is 18.2 Å². The van der Waals surface area contributed by atoms with E-state index in [0.29, 0.717) is 18.2 Å². The van der Waals surface area contributed by atoms with Crippen molar-refractivity contribution in [3.63, 3.8) is 0 Å². The number of ketones is 1. The van der Waals surface area contributed by atoms with E-state index < -0.39 is 5.41 Å². The van der Waals surface area contributed by atoms with Crippen LogP contribution in [0, 0.1) is 0 Å². The van der Waals surface area contributed by atoms with Crippen LogP contribution in [-0.2, 0) is 16.8 Å². The van der Waals surface area contributed by atoms with E-state index in [-0.39, 0.29) is 5.91 Å². The third kappa shape index (κ3) is 4.19. The highest BCUT2D eigenvalue weighted by atomic mass is 16.2. The van der Waals surface area contributed by atoms with Gasteiger partial charge in [-0.05, 0) is 66.1 Å². The molecule has 1 saturated heterocycles. The number of hydrogen-bond acceptors (Lipinski definition) is 3. The molecule has 4 nitrogen and oxygen atoms in total. The summed E-state index contributed by atoms with van der Waals surface area (Å²) in [5, 5.41) is 0. The maximum absolute atomic E-state index is 14.0. The average Bonchev–Trinajstić information content (AvgIpc) is 3.64. The molecule has 1 fully saturated rings. The summed E-state index contributed by atoms with van der Waals surface area (Å²) in [5.41, 5.74) is 6.38. The molecule has 0 N–H and O–H groups in total. The second-order valence-corrected chi connectivity index (χ2v) is 11.3. The van der Waals surface area contributed by atoms with Crippen LogP contribution >= 0.6 is 0 Å². The van der Waals surface area contributed by atoms with Crippen LogP contribution in [0.1, 0.15) is 78.9 Å². The average molecular weight is 507 g/mol. The van der Waals surface area contributed by atoms with Gasteiger partial charge in [-0.2, -0.15) is 0 Å². The van der Waals surface area contributed by atoms with Gasteiger partial charge >= 0.3 is 0 Å². The van der Waals surface area contributed by atoms with E-state index in [2.05, 4.69) is 71.3 Å². The van der Waals surface area contributed by atoms with Crippen LogP contribution in [0.2, 0.25) is 0 Å². The molecule has 4 heteroatoms. The summed E-state index contributed by atoms with van der Waals surface area (Å²) in [4.78, 5) is 31.5. The molecule has 6 rings (SSSR count). The Balaban J connectivity index is 1.12. The minimum absolute atomic E-state index is 0.193. The maximum atomic E-state index is 14.0. The first kappa shape index (κ1) is 25.1. The van der Waals surface area contributed by atoms with Crippen LogP contribution in [0.3, 0.4) is 0 Å². The first-order valence-corrected chi connectivity index (χ1v) is 14.5. The predicted octanol–water partition coefficient (Wildman–Crippen LogP) is 6.61. The van der Waals surface area contributed by atoms with Crippen molar-refractivity contribution < 1.29 is 9.59 Å². The van der Waals surface area contributed by atoms with Crippen molar-refractivity contribution in [3.8, 4) is 11.1 Å². The van der Waals surface area contributed by atoms with E-state index in [9.17, 15) is 9.59 Å². The number of amides is 1. The van der Waals surface area contributed by atoms with Gasteiger partial charge in [-0.15, -0.1) is 0 Å². The van der Waals surface area contributed by atoms with Crippen LogP contribution in [0.15, 0.2) is 72.8 Å². The van der Waals surface area contributed by atoms with Crippen LogP contribution in [0.4, 0.5) is 0 Å². The van der Waals surface area contributed by atoms with E-state index in [1.54, 1.807) is 0 Å². The molecule has 0 aromatic heterocycles. The summed E-state index contributed by atoms with van der Waals surface area (Å²) in [6.45, 7) is 5.92. The van der Waals surface area contributed by atoms with Crippen molar-refractivity contribution >= 4 is 11.7 Å². The highest BCUT2D eigenvalue weighted by Crippen LogP contribution is 2.52. The normalized spacial score (nSPS) is 19.4. The Hall–Kier alpha value is -3.24. The lowest BCUT2D eigenvalue weighted by Gasteiger charge is -2.31. The number of rotatable bonds is 10. The monoisotopic (exact) mass is 506 g/mol. The Morgan fingerprint density at radius 2 is 1.53 bits per heavy atom. The van der Waals surface area contributed by atoms with E-state index >= 15 is 0 Å². The number of hydrogen-bond donors (Lipinski definition) is 0. The van der Waals surface area contributed by atoms with Crippen molar-refractivity contribution in [1.29, 1.82) is 0 Å². The Bertz CT molecular complexity index is 1300. The van der Waals surface area contributed by atoms with Gasteiger partial charge < -0.3 is 9.80 Å². The Morgan fingerprint density at radius 3 is 2.21 bits per heavy atom. The molecular weight excluding hydrogens is 468 g/mol. The number of Topliss-reactive ketones (excluding diaryl/α,β-unsaturated/α-hetero) is 1. The van der Waals surface area contributed by atoms with Crippen LogP contribution < -0.4 is 0 Å². The SMILES string of the molecule is CCCCC(=O)C1(CCCCN2CCC(N3Cc4ccccc4C3=O)C2)c2ccccc2-c2ccccc21. The number of unbranched alkanes of at least 4 members (excludes halogenated alkanes) is 2. The zero-order valence-corrected chi connectivity index (χ0v) is 22.5. The first-order valence-electron chi connectivity index (χ1n) is 14.5. The van der Waals surface area contributed by atoms with Crippen molar-refractivity contribution in [3.05, 3.63) is 95.1 Å². The fourth-order valence-corrected chi connectivity index (χ4v) is 7.15. The lowest BCUT2D eigenvalue weighted by atomic mass is 9.70. The van der Waals surface area contributed by atoms with Gasteiger partial charge in [0.15, 0.2) is 0 Å². The van der Waals surface area contributed by atoms with E-state index in [1.165, 1.54) is 22.3 Å². The third-order valence-electron chi connectivity index (χ3n) is 9.11. The predicted molar refractivity (Wildman–Crippen MR) is 152 cm³/mol. The van der Waals surface area contributed by atoms with Crippen LogP contribution in [0.25, 0.3) is 11.1 Å². The third-order valence-corrected chi connectivity index (χ3v) is 9.11. The van der Waals surface area contributed by atoms with Gasteiger partial charge in [-0.1, -0.05) is 86.5 Å². The topological polar surface area (TPSA) is 40.6 Å². The molecule has 38 heavy (non-hydrogen) atoms. The van der Waals surface area contributed by atoms with Crippen LogP contribution in [0.5, 0.6) is 0 Å². The van der Waals surface area contributed by atoms with Gasteiger partial charge in [0.25, 0.3) is 5.91 Å². The molecule has 0 spiro atoms. The summed E-state index contributed by atoms with van der Waals surface area (Å²) in [6.07, 6.45) is 6.59. The molecule has 196 valence electrons. The minimum atomic E-state index is -0.524. The summed E-state index contributed by atoms with van der Waals surface area (Å²) in [5.74, 6) is 0.573. The lowest BCUT2D eigenvalue weighted by Crippen LogP contribution is -2.38. The molecule has 3 aromatic rings. The molecule has 0 saturated carbocycles. The van der Waals surface area contributed by atoms with Gasteiger partial charge in [0.1, 0.15) is 5.78 Å². The Morgan fingerprint density at radius 1 is 0.868 bits per heavy atom. The van der Waals surface area contributed by atoms with Crippen molar-refractivity contribution in [2.24, 2.45) is 0 Å². The fourth-order valence-electron chi connectivity index (χ4n) is 7.15. The van der Waals surface area contributed by atoms with Crippen LogP contribution in [-0.4, -0.2) is 47.2 Å². The second kappa shape index (κ2) is 10.5. The molecule has 2 heterocycles. The molecule has 1 unspecified atom stereocenters. The highest BCUT2D eigenvalue weighted by Gasteiger charge is 2.47. The highest BCUT2D eigenvalue weighted by molar-refractivity contribution is 6.01. The smallest absolute Gasteiger partial charge is 0.254 e.